The SMILES string of the molecule is CC(C)c1c2cc(-c3ccnc(Nc4ccc5c(N6CC7CC6CN7)cc(=O)oc5c4)n3)ccc2nn1C. The van der Waals surface area contributed by atoms with Gasteiger partial charge in [-0.25, -0.2) is 14.8 Å². The van der Waals surface area contributed by atoms with Gasteiger partial charge < -0.3 is 20.0 Å². The van der Waals surface area contributed by atoms with Crippen LogP contribution in [0.25, 0.3) is 33.1 Å². The highest BCUT2D eigenvalue weighted by molar-refractivity contribution is 5.93. The Bertz CT molecular complexity index is 1760. The number of hydrogen-bond donors (Lipinski definition) is 2. The molecule has 2 N–H and O–H groups in total. The molecule has 7 rings (SSSR count). The largest absolute Gasteiger partial charge is 0.423 e. The van der Waals surface area contributed by atoms with E-state index in [4.69, 9.17) is 9.40 Å². The Hall–Kier alpha value is -4.24. The van der Waals surface area contributed by atoms with Gasteiger partial charge in [0.15, 0.2) is 0 Å². The summed E-state index contributed by atoms with van der Waals surface area (Å²) in [5.41, 5.74) is 5.90. The summed E-state index contributed by atoms with van der Waals surface area (Å²) in [6.07, 6.45) is 2.86. The average molecular weight is 508 g/mol. The van der Waals surface area contributed by atoms with Gasteiger partial charge in [0.1, 0.15) is 5.58 Å². The number of nitrogens with one attached hydrogen (secondary N) is 2. The van der Waals surface area contributed by atoms with Crippen LogP contribution in [0.2, 0.25) is 0 Å². The highest BCUT2D eigenvalue weighted by Gasteiger charge is 2.38. The molecule has 5 aromatic rings. The van der Waals surface area contributed by atoms with Crippen LogP contribution in [-0.4, -0.2) is 44.9 Å². The first-order valence-corrected chi connectivity index (χ1v) is 13.1. The summed E-state index contributed by atoms with van der Waals surface area (Å²) in [6, 6.07) is 16.5. The summed E-state index contributed by atoms with van der Waals surface area (Å²) in [6.45, 7) is 6.22. The van der Waals surface area contributed by atoms with Gasteiger partial charge in [-0.05, 0) is 42.7 Å². The van der Waals surface area contributed by atoms with Crippen LogP contribution in [0, 0.1) is 0 Å². The average Bonchev–Trinajstić information content (AvgIpc) is 3.61. The van der Waals surface area contributed by atoms with Crippen LogP contribution >= 0.6 is 0 Å². The quantitative estimate of drug-likeness (QED) is 0.334. The lowest BCUT2D eigenvalue weighted by Crippen LogP contribution is -2.43. The van der Waals surface area contributed by atoms with Crippen molar-refractivity contribution in [2.45, 2.75) is 38.3 Å². The summed E-state index contributed by atoms with van der Waals surface area (Å²) in [7, 11) is 1.99. The van der Waals surface area contributed by atoms with E-state index in [-0.39, 0.29) is 5.63 Å². The van der Waals surface area contributed by atoms with E-state index in [1.54, 1.807) is 12.3 Å². The van der Waals surface area contributed by atoms with Gasteiger partial charge in [0, 0.05) is 78.3 Å². The van der Waals surface area contributed by atoms with Crippen LogP contribution in [0.3, 0.4) is 0 Å². The van der Waals surface area contributed by atoms with Crippen LogP contribution in [0.15, 0.2) is 63.9 Å². The van der Waals surface area contributed by atoms with E-state index in [1.165, 1.54) is 5.69 Å². The molecule has 0 amide bonds. The van der Waals surface area contributed by atoms with Crippen molar-refractivity contribution in [1.29, 1.82) is 0 Å². The maximum atomic E-state index is 12.4. The van der Waals surface area contributed by atoms with Crippen molar-refractivity contribution in [2.24, 2.45) is 7.05 Å². The fourth-order valence-electron chi connectivity index (χ4n) is 6.09. The van der Waals surface area contributed by atoms with E-state index >= 15 is 0 Å². The molecule has 2 saturated heterocycles. The highest BCUT2D eigenvalue weighted by atomic mass is 16.4. The molecule has 3 aromatic heterocycles. The lowest BCUT2D eigenvalue weighted by molar-refractivity contribution is 0.554. The predicted octanol–water partition coefficient (Wildman–Crippen LogP) is 4.55. The fourth-order valence-corrected chi connectivity index (χ4v) is 6.09. The van der Waals surface area contributed by atoms with Crippen LogP contribution in [0.4, 0.5) is 17.3 Å². The molecule has 2 aliphatic heterocycles. The molecule has 9 heteroatoms. The molecule has 2 unspecified atom stereocenters. The number of anilines is 3. The van der Waals surface area contributed by atoms with E-state index in [2.05, 4.69) is 45.5 Å². The summed E-state index contributed by atoms with van der Waals surface area (Å²) in [5.74, 6) is 0.826. The number of rotatable bonds is 5. The molecule has 2 aromatic carbocycles. The Morgan fingerprint density at radius 2 is 2.00 bits per heavy atom. The minimum atomic E-state index is -0.342. The van der Waals surface area contributed by atoms with Crippen molar-refractivity contribution >= 4 is 39.2 Å². The molecule has 0 spiro atoms. The molecule has 192 valence electrons. The lowest BCUT2D eigenvalue weighted by Gasteiger charge is -2.30. The van der Waals surface area contributed by atoms with Gasteiger partial charge in [-0.1, -0.05) is 19.9 Å². The first kappa shape index (κ1) is 22.9. The first-order valence-electron chi connectivity index (χ1n) is 13.1. The Morgan fingerprint density at radius 3 is 2.79 bits per heavy atom. The molecule has 2 bridgehead atoms. The van der Waals surface area contributed by atoms with Gasteiger partial charge in [-0.2, -0.15) is 5.10 Å². The van der Waals surface area contributed by atoms with E-state index < -0.39 is 0 Å². The molecule has 5 heterocycles. The maximum absolute atomic E-state index is 12.4. The zero-order valence-electron chi connectivity index (χ0n) is 21.6. The van der Waals surface area contributed by atoms with Crippen molar-refractivity contribution in [3.05, 3.63) is 70.8 Å². The second kappa shape index (κ2) is 8.66. The Balaban J connectivity index is 1.20. The first-order chi connectivity index (χ1) is 18.4. The van der Waals surface area contributed by atoms with Gasteiger partial charge in [0.25, 0.3) is 0 Å². The van der Waals surface area contributed by atoms with Gasteiger partial charge in [-0.15, -0.1) is 0 Å². The van der Waals surface area contributed by atoms with Gasteiger partial charge >= 0.3 is 5.63 Å². The molecule has 0 radical (unpaired) electrons. The molecule has 38 heavy (non-hydrogen) atoms. The molecule has 2 atom stereocenters. The molecular formula is C29H29N7O2. The third-order valence-electron chi connectivity index (χ3n) is 7.72. The van der Waals surface area contributed by atoms with Crippen LogP contribution in [0.5, 0.6) is 0 Å². The van der Waals surface area contributed by atoms with Crippen molar-refractivity contribution in [3.63, 3.8) is 0 Å². The Kier molecular flexibility index (Phi) is 5.23. The minimum Gasteiger partial charge on any atom is -0.423 e. The topological polar surface area (TPSA) is 101 Å². The summed E-state index contributed by atoms with van der Waals surface area (Å²) in [5, 5.41) is 13.5. The van der Waals surface area contributed by atoms with Crippen LogP contribution < -0.4 is 21.2 Å². The molecule has 9 nitrogen and oxygen atoms in total. The second-order valence-electron chi connectivity index (χ2n) is 10.6. The number of piperazine rings is 1. The molecule has 2 aliphatic rings. The third kappa shape index (κ3) is 3.81. The summed E-state index contributed by atoms with van der Waals surface area (Å²) >= 11 is 0. The standard InChI is InChI=1S/C29H29N7O2/c1-16(2)28-22-10-17(4-7-24(22)34-35(28)3)23-8-9-30-29(33-23)32-18-5-6-21-25(13-27(37)38-26(21)12-18)36-15-19-11-20(36)14-31-19/h4-10,12-13,16,19-20,31H,11,14-15H2,1-3H3,(H,30,32,33). The second-order valence-corrected chi connectivity index (χ2v) is 10.6. The van der Waals surface area contributed by atoms with Crippen molar-refractivity contribution in [1.82, 2.24) is 25.1 Å². The van der Waals surface area contributed by atoms with E-state index in [9.17, 15) is 4.79 Å². The number of hydrogen-bond acceptors (Lipinski definition) is 8. The van der Waals surface area contributed by atoms with Crippen molar-refractivity contribution in [2.75, 3.05) is 23.3 Å². The number of benzene rings is 2. The van der Waals surface area contributed by atoms with E-state index in [0.29, 0.717) is 29.5 Å². The highest BCUT2D eigenvalue weighted by Crippen LogP contribution is 2.35. The molecule has 2 fully saturated rings. The monoisotopic (exact) mass is 507 g/mol. The maximum Gasteiger partial charge on any atom is 0.338 e. The third-order valence-corrected chi connectivity index (χ3v) is 7.72. The van der Waals surface area contributed by atoms with Gasteiger partial charge in [-0.3, -0.25) is 4.68 Å². The number of fused-ring (bicyclic) bond motifs is 4. The lowest BCUT2D eigenvalue weighted by atomic mass is 10.0. The van der Waals surface area contributed by atoms with E-state index in [0.717, 1.165) is 58.4 Å². The smallest absolute Gasteiger partial charge is 0.338 e. The number of aryl methyl sites for hydroxylation is 1. The fraction of sp³-hybridized carbons (Fsp3) is 0.310. The number of aromatic nitrogens is 4. The Morgan fingerprint density at radius 1 is 1.11 bits per heavy atom. The normalized spacial score (nSPS) is 18.8. The van der Waals surface area contributed by atoms with Crippen LogP contribution in [-0.2, 0) is 7.05 Å². The minimum absolute atomic E-state index is 0.342. The van der Waals surface area contributed by atoms with Crippen molar-refractivity contribution in [3.8, 4) is 11.3 Å². The summed E-state index contributed by atoms with van der Waals surface area (Å²) in [4.78, 5) is 24.0. The molecule has 0 saturated carbocycles. The van der Waals surface area contributed by atoms with Gasteiger partial charge in [0.2, 0.25) is 5.95 Å². The zero-order valence-corrected chi connectivity index (χ0v) is 21.6. The zero-order chi connectivity index (χ0) is 26.0. The molecule has 0 aliphatic carbocycles. The Labute approximate surface area is 219 Å². The summed E-state index contributed by atoms with van der Waals surface area (Å²) < 4.78 is 7.56. The molecular weight excluding hydrogens is 478 g/mol. The van der Waals surface area contributed by atoms with E-state index in [1.807, 2.05) is 48.1 Å². The van der Waals surface area contributed by atoms with Gasteiger partial charge in [0.05, 0.1) is 16.9 Å². The van der Waals surface area contributed by atoms with Crippen molar-refractivity contribution < 1.29 is 4.42 Å². The predicted molar refractivity (Wildman–Crippen MR) is 149 cm³/mol. The van der Waals surface area contributed by atoms with Crippen LogP contribution in [0.1, 0.15) is 31.9 Å². The number of nitrogens with zero attached hydrogens (tertiary/aromatic N) is 5.